The second-order valence-corrected chi connectivity index (χ2v) is 5.84. The lowest BCUT2D eigenvalue weighted by Crippen LogP contribution is -2.24. The molecule has 0 saturated carbocycles. The number of nitrogens with one attached hydrogen (secondary N) is 1. The largest absolute Gasteiger partial charge is 0.399 e. The first kappa shape index (κ1) is 14.6. The van der Waals surface area contributed by atoms with Gasteiger partial charge in [0, 0.05) is 18.7 Å². The third-order valence-corrected chi connectivity index (χ3v) is 4.05. The van der Waals surface area contributed by atoms with E-state index in [4.69, 9.17) is 12.2 Å². The van der Waals surface area contributed by atoms with Gasteiger partial charge in [0.05, 0.1) is 4.90 Å². The van der Waals surface area contributed by atoms with Gasteiger partial charge in [0.15, 0.2) is 0 Å². The van der Waals surface area contributed by atoms with Gasteiger partial charge in [0.2, 0.25) is 10.0 Å². The Hall–Kier alpha value is -1.51. The van der Waals surface area contributed by atoms with Crippen LogP contribution in [0.4, 0.5) is 5.69 Å². The highest BCUT2D eigenvalue weighted by Gasteiger charge is 2.13. The summed E-state index contributed by atoms with van der Waals surface area (Å²) in [4.78, 5) is 0.242. The molecule has 0 radical (unpaired) electrons. The lowest BCUT2D eigenvalue weighted by molar-refractivity contribution is 0.577. The van der Waals surface area contributed by atoms with Crippen LogP contribution in [0.3, 0.4) is 0 Å². The van der Waals surface area contributed by atoms with Crippen LogP contribution in [0.1, 0.15) is 24.8 Å². The van der Waals surface area contributed by atoms with E-state index in [1.165, 1.54) is 6.07 Å². The van der Waals surface area contributed by atoms with Crippen molar-refractivity contribution in [3.05, 3.63) is 23.8 Å². The van der Waals surface area contributed by atoms with Crippen LogP contribution in [-0.4, -0.2) is 15.0 Å². The second kappa shape index (κ2) is 6.43. The average Bonchev–Trinajstić information content (AvgIpc) is 2.32. The van der Waals surface area contributed by atoms with E-state index in [-0.39, 0.29) is 4.90 Å². The van der Waals surface area contributed by atoms with Crippen LogP contribution in [0.2, 0.25) is 0 Å². The lowest BCUT2D eigenvalue weighted by atomic mass is 10.2. The number of nitrogens with two attached hydrogens (primary N) is 1. The Kier molecular flexibility index (Phi) is 5.20. The molecule has 0 aliphatic heterocycles. The molecule has 5 heteroatoms. The molecule has 0 atom stereocenters. The van der Waals surface area contributed by atoms with E-state index in [2.05, 4.69) is 10.6 Å². The fraction of sp³-hybridized carbons (Fsp3) is 0.385. The molecule has 0 saturated heterocycles. The number of aryl methyl sites for hydroxylation is 1. The van der Waals surface area contributed by atoms with Crippen molar-refractivity contribution >= 4 is 15.7 Å². The fourth-order valence-electron chi connectivity index (χ4n) is 1.46. The highest BCUT2D eigenvalue weighted by molar-refractivity contribution is 7.89. The minimum absolute atomic E-state index is 0.242. The molecule has 18 heavy (non-hydrogen) atoms. The zero-order valence-electron chi connectivity index (χ0n) is 10.4. The first-order chi connectivity index (χ1) is 8.47. The van der Waals surface area contributed by atoms with Gasteiger partial charge < -0.3 is 5.73 Å². The van der Waals surface area contributed by atoms with Crippen molar-refractivity contribution in [3.63, 3.8) is 0 Å². The van der Waals surface area contributed by atoms with Crippen molar-refractivity contribution in [3.8, 4) is 12.3 Å². The molecule has 98 valence electrons. The van der Waals surface area contributed by atoms with Crippen LogP contribution in [0.25, 0.3) is 0 Å². The van der Waals surface area contributed by atoms with Gasteiger partial charge in [-0.2, -0.15) is 0 Å². The molecule has 3 N–H and O–H groups in total. The molecule has 1 rings (SSSR count). The highest BCUT2D eigenvalue weighted by Crippen LogP contribution is 2.16. The summed E-state index contributed by atoms with van der Waals surface area (Å²) in [7, 11) is -3.44. The van der Waals surface area contributed by atoms with Crippen molar-refractivity contribution in [1.82, 2.24) is 4.72 Å². The first-order valence-electron chi connectivity index (χ1n) is 5.76. The quantitative estimate of drug-likeness (QED) is 0.467. The molecule has 1 aromatic carbocycles. The molecule has 1 aromatic rings. The van der Waals surface area contributed by atoms with Crippen molar-refractivity contribution in [2.75, 3.05) is 12.3 Å². The predicted octanol–water partition coefficient (Wildman–Crippen LogP) is 1.66. The number of hydrogen-bond donors (Lipinski definition) is 2. The van der Waals surface area contributed by atoms with Crippen molar-refractivity contribution in [1.29, 1.82) is 0 Å². The number of nitrogen functional groups attached to an aromatic ring is 1. The molecule has 0 unspecified atom stereocenters. The van der Waals surface area contributed by atoms with Gasteiger partial charge in [-0.3, -0.25) is 0 Å². The lowest BCUT2D eigenvalue weighted by Gasteiger charge is -2.08. The summed E-state index contributed by atoms with van der Waals surface area (Å²) >= 11 is 0. The Morgan fingerprint density at radius 3 is 2.72 bits per heavy atom. The number of unbranched alkanes of at least 4 members (excludes halogenated alkanes) is 2. The van der Waals surface area contributed by atoms with Crippen molar-refractivity contribution < 1.29 is 8.42 Å². The van der Waals surface area contributed by atoms with E-state index >= 15 is 0 Å². The van der Waals surface area contributed by atoms with E-state index in [1.807, 2.05) is 0 Å². The Morgan fingerprint density at radius 2 is 2.11 bits per heavy atom. The Balaban J connectivity index is 2.63. The van der Waals surface area contributed by atoms with Gasteiger partial charge in [-0.25, -0.2) is 13.1 Å². The summed E-state index contributed by atoms with van der Waals surface area (Å²) in [6, 6.07) is 4.67. The Bertz CT molecular complexity index is 545. The van der Waals surface area contributed by atoms with E-state index < -0.39 is 10.0 Å². The number of rotatable bonds is 6. The van der Waals surface area contributed by atoms with Crippen LogP contribution in [0, 0.1) is 19.3 Å². The van der Waals surface area contributed by atoms with E-state index in [0.29, 0.717) is 18.7 Å². The van der Waals surface area contributed by atoms with Crippen molar-refractivity contribution in [2.45, 2.75) is 31.1 Å². The third kappa shape index (κ3) is 4.06. The average molecular weight is 266 g/mol. The predicted molar refractivity (Wildman–Crippen MR) is 73.5 cm³/mol. The molecule has 0 spiro atoms. The number of benzene rings is 1. The molecule has 0 fully saturated rings. The first-order valence-corrected chi connectivity index (χ1v) is 7.25. The number of terminal acetylenes is 1. The van der Waals surface area contributed by atoms with Gasteiger partial charge >= 0.3 is 0 Å². The maximum atomic E-state index is 11.9. The maximum absolute atomic E-state index is 11.9. The molecule has 0 bridgehead atoms. The summed E-state index contributed by atoms with van der Waals surface area (Å²) in [5.41, 5.74) is 6.99. The molecule has 0 aromatic heterocycles. The molecule has 0 amide bonds. The standard InChI is InChI=1S/C13H18N2O2S/c1-3-4-5-6-9-15-18(16,17)12-7-8-13(14)11(2)10-12/h1,7-8,10,15H,4-6,9,14H2,2H3. The van der Waals surface area contributed by atoms with Gasteiger partial charge in [-0.1, -0.05) is 0 Å². The van der Waals surface area contributed by atoms with Gasteiger partial charge in [-0.05, 0) is 43.5 Å². The summed E-state index contributed by atoms with van der Waals surface area (Å²) < 4.78 is 26.4. The summed E-state index contributed by atoms with van der Waals surface area (Å²) in [6.07, 6.45) is 7.34. The molecule has 0 aliphatic carbocycles. The highest BCUT2D eigenvalue weighted by atomic mass is 32.2. The smallest absolute Gasteiger partial charge is 0.240 e. The van der Waals surface area contributed by atoms with Crippen LogP contribution >= 0.6 is 0 Å². The normalized spacial score (nSPS) is 11.1. The monoisotopic (exact) mass is 266 g/mol. The number of hydrogen-bond acceptors (Lipinski definition) is 3. The second-order valence-electron chi connectivity index (χ2n) is 4.08. The maximum Gasteiger partial charge on any atom is 0.240 e. The van der Waals surface area contributed by atoms with Gasteiger partial charge in [0.25, 0.3) is 0 Å². The van der Waals surface area contributed by atoms with E-state index in [0.717, 1.165) is 18.4 Å². The fourth-order valence-corrected chi connectivity index (χ4v) is 2.62. The summed E-state index contributed by atoms with van der Waals surface area (Å²) in [5.74, 6) is 2.52. The van der Waals surface area contributed by atoms with E-state index in [1.54, 1.807) is 19.1 Å². The van der Waals surface area contributed by atoms with E-state index in [9.17, 15) is 8.42 Å². The molecule has 0 aliphatic rings. The Labute approximate surface area is 109 Å². The molecule has 0 heterocycles. The minimum Gasteiger partial charge on any atom is -0.399 e. The van der Waals surface area contributed by atoms with Crippen LogP contribution in [-0.2, 0) is 10.0 Å². The van der Waals surface area contributed by atoms with Crippen molar-refractivity contribution in [2.24, 2.45) is 0 Å². The van der Waals surface area contributed by atoms with Crippen LogP contribution in [0.5, 0.6) is 0 Å². The minimum atomic E-state index is -3.44. The number of anilines is 1. The zero-order valence-corrected chi connectivity index (χ0v) is 11.3. The van der Waals surface area contributed by atoms with Gasteiger partial charge in [-0.15, -0.1) is 12.3 Å². The molecule has 4 nitrogen and oxygen atoms in total. The topological polar surface area (TPSA) is 72.2 Å². The Morgan fingerprint density at radius 1 is 1.39 bits per heavy atom. The number of sulfonamides is 1. The van der Waals surface area contributed by atoms with Gasteiger partial charge in [0.1, 0.15) is 0 Å². The molecular formula is C13H18N2O2S. The SMILES string of the molecule is C#CCCCCNS(=O)(=O)c1ccc(N)c(C)c1. The van der Waals surface area contributed by atoms with Crippen LogP contribution < -0.4 is 10.5 Å². The molecular weight excluding hydrogens is 248 g/mol. The summed E-state index contributed by atoms with van der Waals surface area (Å²) in [5, 5.41) is 0. The summed E-state index contributed by atoms with van der Waals surface area (Å²) in [6.45, 7) is 2.18. The third-order valence-electron chi connectivity index (χ3n) is 2.59. The van der Waals surface area contributed by atoms with Crippen LogP contribution in [0.15, 0.2) is 23.1 Å². The zero-order chi connectivity index (χ0) is 13.6.